The van der Waals surface area contributed by atoms with Gasteiger partial charge in [-0.3, -0.25) is 0 Å². The van der Waals surface area contributed by atoms with Gasteiger partial charge in [0.2, 0.25) is 0 Å². The highest BCUT2D eigenvalue weighted by atomic mass is 19.1. The zero-order valence-corrected chi connectivity index (χ0v) is 10.8. The predicted molar refractivity (Wildman–Crippen MR) is 68.2 cm³/mol. The van der Waals surface area contributed by atoms with E-state index in [0.717, 1.165) is 31.4 Å². The fourth-order valence-electron chi connectivity index (χ4n) is 3.13. The van der Waals surface area contributed by atoms with Crippen molar-refractivity contribution in [1.29, 1.82) is 0 Å². The maximum Gasteiger partial charge on any atom is 0.123 e. The van der Waals surface area contributed by atoms with Crippen LogP contribution < -0.4 is 0 Å². The van der Waals surface area contributed by atoms with Crippen molar-refractivity contribution in [1.82, 2.24) is 0 Å². The van der Waals surface area contributed by atoms with E-state index in [0.29, 0.717) is 13.2 Å². The van der Waals surface area contributed by atoms with Crippen molar-refractivity contribution in [3.8, 4) is 0 Å². The minimum absolute atomic E-state index is 0.154. The third-order valence-corrected chi connectivity index (χ3v) is 4.26. The van der Waals surface area contributed by atoms with Crippen molar-refractivity contribution in [2.24, 2.45) is 5.92 Å². The molecular formula is C15H19FO3. The largest absolute Gasteiger partial charge is 0.388 e. The number of ether oxygens (including phenoxy) is 2. The molecule has 0 aliphatic carbocycles. The average Bonchev–Trinajstić information content (AvgIpc) is 2.87. The minimum Gasteiger partial charge on any atom is -0.388 e. The van der Waals surface area contributed by atoms with Gasteiger partial charge in [0.1, 0.15) is 5.82 Å². The Morgan fingerprint density at radius 1 is 1.26 bits per heavy atom. The lowest BCUT2D eigenvalue weighted by atomic mass is 9.80. The molecule has 3 atom stereocenters. The van der Waals surface area contributed by atoms with Crippen LogP contribution in [0.25, 0.3) is 0 Å². The lowest BCUT2D eigenvalue weighted by Crippen LogP contribution is -2.41. The first-order valence-electron chi connectivity index (χ1n) is 6.84. The van der Waals surface area contributed by atoms with Crippen molar-refractivity contribution in [2.45, 2.75) is 31.0 Å². The topological polar surface area (TPSA) is 38.7 Å². The van der Waals surface area contributed by atoms with Gasteiger partial charge in [0, 0.05) is 19.6 Å². The van der Waals surface area contributed by atoms with Gasteiger partial charge in [-0.25, -0.2) is 4.39 Å². The second-order valence-electron chi connectivity index (χ2n) is 5.58. The molecule has 0 radical (unpaired) electrons. The zero-order valence-electron chi connectivity index (χ0n) is 10.8. The Labute approximate surface area is 112 Å². The van der Waals surface area contributed by atoms with Crippen LogP contribution in [-0.2, 0) is 9.47 Å². The van der Waals surface area contributed by atoms with Crippen LogP contribution in [-0.4, -0.2) is 30.5 Å². The number of hydrogen-bond donors (Lipinski definition) is 1. The number of hydrogen-bond acceptors (Lipinski definition) is 3. The molecule has 0 bridgehead atoms. The van der Waals surface area contributed by atoms with Crippen LogP contribution in [0.3, 0.4) is 0 Å². The molecule has 1 aromatic carbocycles. The van der Waals surface area contributed by atoms with E-state index in [2.05, 4.69) is 0 Å². The Morgan fingerprint density at radius 3 is 2.74 bits per heavy atom. The van der Waals surface area contributed by atoms with E-state index in [9.17, 15) is 9.50 Å². The van der Waals surface area contributed by atoms with Crippen LogP contribution >= 0.6 is 0 Å². The van der Waals surface area contributed by atoms with Crippen molar-refractivity contribution in [2.75, 3.05) is 19.8 Å². The number of benzene rings is 1. The quantitative estimate of drug-likeness (QED) is 0.893. The molecular weight excluding hydrogens is 247 g/mol. The number of halogens is 1. The molecule has 0 saturated carbocycles. The summed E-state index contributed by atoms with van der Waals surface area (Å²) in [5, 5.41) is 10.5. The van der Waals surface area contributed by atoms with Gasteiger partial charge in [-0.2, -0.15) is 0 Å². The molecule has 3 rings (SSSR count). The van der Waals surface area contributed by atoms with E-state index in [4.69, 9.17) is 9.47 Å². The molecule has 19 heavy (non-hydrogen) atoms. The predicted octanol–water partition coefficient (Wildman–Crippen LogP) is 2.44. The molecule has 2 aliphatic rings. The number of aliphatic hydroxyl groups is 1. The maximum atomic E-state index is 12.9. The van der Waals surface area contributed by atoms with Crippen LogP contribution in [0, 0.1) is 11.7 Å². The van der Waals surface area contributed by atoms with Crippen LogP contribution in [0.2, 0.25) is 0 Å². The third kappa shape index (κ3) is 2.66. The lowest BCUT2D eigenvalue weighted by Gasteiger charge is -2.39. The highest BCUT2D eigenvalue weighted by molar-refractivity contribution is 5.19. The van der Waals surface area contributed by atoms with Gasteiger partial charge in [-0.1, -0.05) is 12.1 Å². The molecule has 3 unspecified atom stereocenters. The molecule has 0 aromatic heterocycles. The Morgan fingerprint density at radius 2 is 2.05 bits per heavy atom. The summed E-state index contributed by atoms with van der Waals surface area (Å²) >= 11 is 0. The molecule has 0 amide bonds. The van der Waals surface area contributed by atoms with E-state index < -0.39 is 6.10 Å². The first kappa shape index (κ1) is 13.0. The van der Waals surface area contributed by atoms with Crippen molar-refractivity contribution in [3.05, 3.63) is 35.6 Å². The highest BCUT2D eigenvalue weighted by Gasteiger charge is 2.42. The van der Waals surface area contributed by atoms with Crippen molar-refractivity contribution >= 4 is 0 Å². The zero-order chi connectivity index (χ0) is 13.3. The smallest absolute Gasteiger partial charge is 0.123 e. The molecule has 2 aliphatic heterocycles. The van der Waals surface area contributed by atoms with Gasteiger partial charge in [0.25, 0.3) is 0 Å². The molecule has 1 N–H and O–H groups in total. The third-order valence-electron chi connectivity index (χ3n) is 4.26. The second-order valence-corrected chi connectivity index (χ2v) is 5.58. The van der Waals surface area contributed by atoms with E-state index in [1.807, 2.05) is 0 Å². The Bertz CT molecular complexity index is 426. The van der Waals surface area contributed by atoms with E-state index in [-0.39, 0.29) is 17.3 Å². The molecule has 2 fully saturated rings. The summed E-state index contributed by atoms with van der Waals surface area (Å²) in [7, 11) is 0. The normalized spacial score (nSPS) is 32.6. The first-order valence-corrected chi connectivity index (χ1v) is 6.84. The fourth-order valence-corrected chi connectivity index (χ4v) is 3.13. The number of aliphatic hydroxyl groups excluding tert-OH is 1. The summed E-state index contributed by atoms with van der Waals surface area (Å²) in [6, 6.07) is 6.11. The molecule has 104 valence electrons. The summed E-state index contributed by atoms with van der Waals surface area (Å²) in [6.07, 6.45) is 1.99. The molecule has 2 heterocycles. The standard InChI is InChI=1S/C15H19FO3/c16-13-3-1-11(2-4-13)14(17)12-5-7-19-15(9-12)6-8-18-10-15/h1-4,12,14,17H,5-10H2. The van der Waals surface area contributed by atoms with Gasteiger partial charge in [0.05, 0.1) is 18.3 Å². The molecule has 2 saturated heterocycles. The van der Waals surface area contributed by atoms with Gasteiger partial charge < -0.3 is 14.6 Å². The molecule has 1 aromatic rings. The van der Waals surface area contributed by atoms with Gasteiger partial charge in [-0.05, 0) is 36.5 Å². The summed E-state index contributed by atoms with van der Waals surface area (Å²) in [5.41, 5.74) is 0.576. The highest BCUT2D eigenvalue weighted by Crippen LogP contribution is 2.40. The Hall–Kier alpha value is -0.970. The molecule has 4 heteroatoms. The Balaban J connectivity index is 1.72. The molecule has 3 nitrogen and oxygen atoms in total. The van der Waals surface area contributed by atoms with Crippen LogP contribution in [0.5, 0.6) is 0 Å². The van der Waals surface area contributed by atoms with E-state index >= 15 is 0 Å². The van der Waals surface area contributed by atoms with E-state index in [1.165, 1.54) is 12.1 Å². The minimum atomic E-state index is -0.554. The fraction of sp³-hybridized carbons (Fsp3) is 0.600. The van der Waals surface area contributed by atoms with Crippen molar-refractivity contribution in [3.63, 3.8) is 0 Å². The molecule has 1 spiro atoms. The van der Waals surface area contributed by atoms with Gasteiger partial charge in [-0.15, -0.1) is 0 Å². The number of rotatable bonds is 2. The van der Waals surface area contributed by atoms with Crippen LogP contribution in [0.15, 0.2) is 24.3 Å². The maximum absolute atomic E-state index is 12.9. The van der Waals surface area contributed by atoms with Gasteiger partial charge >= 0.3 is 0 Å². The van der Waals surface area contributed by atoms with Crippen molar-refractivity contribution < 1.29 is 19.0 Å². The average molecular weight is 266 g/mol. The lowest BCUT2D eigenvalue weighted by molar-refractivity contribution is -0.117. The second kappa shape index (κ2) is 5.19. The SMILES string of the molecule is OC(c1ccc(F)cc1)C1CCOC2(CCOC2)C1. The van der Waals surface area contributed by atoms with Gasteiger partial charge in [0.15, 0.2) is 0 Å². The van der Waals surface area contributed by atoms with E-state index in [1.54, 1.807) is 12.1 Å². The summed E-state index contributed by atoms with van der Waals surface area (Å²) in [6.45, 7) is 2.02. The van der Waals surface area contributed by atoms with Crippen LogP contribution in [0.1, 0.15) is 30.9 Å². The summed E-state index contributed by atoms with van der Waals surface area (Å²) in [4.78, 5) is 0. The summed E-state index contributed by atoms with van der Waals surface area (Å²) in [5.74, 6) is -0.121. The summed E-state index contributed by atoms with van der Waals surface area (Å²) < 4.78 is 24.2. The Kier molecular flexibility index (Phi) is 3.56. The van der Waals surface area contributed by atoms with Crippen LogP contribution in [0.4, 0.5) is 4.39 Å². The monoisotopic (exact) mass is 266 g/mol. The first-order chi connectivity index (χ1) is 9.19.